The molecular weight excluding hydrogens is 266 g/mol. The molecule has 0 aromatic carbocycles. The molecule has 1 aliphatic carbocycles. The lowest BCUT2D eigenvalue weighted by molar-refractivity contribution is 0.0891. The lowest BCUT2D eigenvalue weighted by Gasteiger charge is -2.25. The lowest BCUT2D eigenvalue weighted by atomic mass is 9.88. The van der Waals surface area contributed by atoms with Gasteiger partial charge in [-0.15, -0.1) is 0 Å². The molecule has 118 valence electrons. The predicted molar refractivity (Wildman–Crippen MR) is 82.1 cm³/mol. The summed E-state index contributed by atoms with van der Waals surface area (Å²) >= 11 is 0. The van der Waals surface area contributed by atoms with E-state index in [1.807, 2.05) is 10.9 Å². The Labute approximate surface area is 126 Å². The third kappa shape index (κ3) is 4.56. The summed E-state index contributed by atoms with van der Waals surface area (Å²) in [5.41, 5.74) is 0.499. The van der Waals surface area contributed by atoms with E-state index < -0.39 is 0 Å². The molecular formula is C16H27N3O2. The molecule has 1 aromatic heterocycles. The largest absolute Gasteiger partial charge is 0.394 e. The van der Waals surface area contributed by atoms with Gasteiger partial charge in [0, 0.05) is 6.20 Å². The smallest absolute Gasteiger partial charge is 0.272 e. The van der Waals surface area contributed by atoms with E-state index in [-0.39, 0.29) is 24.0 Å². The van der Waals surface area contributed by atoms with Crippen LogP contribution < -0.4 is 5.32 Å². The monoisotopic (exact) mass is 293 g/mol. The number of amides is 1. The first-order chi connectivity index (χ1) is 9.89. The molecule has 21 heavy (non-hydrogen) atoms. The van der Waals surface area contributed by atoms with Crippen LogP contribution in [0.1, 0.15) is 69.4 Å². The third-order valence-electron chi connectivity index (χ3n) is 3.95. The highest BCUT2D eigenvalue weighted by molar-refractivity contribution is 5.92. The van der Waals surface area contributed by atoms with Crippen LogP contribution in [0.3, 0.4) is 0 Å². The number of nitrogens with one attached hydrogen (secondary N) is 1. The highest BCUT2D eigenvalue weighted by Gasteiger charge is 2.23. The lowest BCUT2D eigenvalue weighted by Crippen LogP contribution is -2.40. The Hall–Kier alpha value is -1.36. The second-order valence-electron chi connectivity index (χ2n) is 7.24. The van der Waals surface area contributed by atoms with Gasteiger partial charge in [0.2, 0.25) is 0 Å². The Bertz CT molecular complexity index is 470. The molecule has 2 N–H and O–H groups in total. The van der Waals surface area contributed by atoms with Crippen LogP contribution in [0.15, 0.2) is 12.3 Å². The SMILES string of the molecule is CC(C)(C)CC(CO)NC(=O)c1ccn(C2CCCC2)n1. The van der Waals surface area contributed by atoms with Crippen molar-refractivity contribution >= 4 is 5.91 Å². The highest BCUT2D eigenvalue weighted by Crippen LogP contribution is 2.28. The summed E-state index contributed by atoms with van der Waals surface area (Å²) in [6.45, 7) is 6.23. The molecule has 1 aliphatic rings. The van der Waals surface area contributed by atoms with Gasteiger partial charge in [-0.05, 0) is 30.7 Å². The number of aromatic nitrogens is 2. The van der Waals surface area contributed by atoms with Crippen molar-refractivity contribution in [3.05, 3.63) is 18.0 Å². The van der Waals surface area contributed by atoms with Crippen molar-refractivity contribution in [3.63, 3.8) is 0 Å². The van der Waals surface area contributed by atoms with Crippen LogP contribution in [-0.4, -0.2) is 33.4 Å². The van der Waals surface area contributed by atoms with Gasteiger partial charge in [0.25, 0.3) is 5.91 Å². The molecule has 5 nitrogen and oxygen atoms in total. The van der Waals surface area contributed by atoms with Crippen molar-refractivity contribution in [2.45, 2.75) is 65.0 Å². The number of rotatable bonds is 5. The number of hydrogen-bond donors (Lipinski definition) is 2. The van der Waals surface area contributed by atoms with Crippen molar-refractivity contribution in [3.8, 4) is 0 Å². The quantitative estimate of drug-likeness (QED) is 0.876. The number of aliphatic hydroxyl groups is 1. The van der Waals surface area contributed by atoms with E-state index in [0.717, 1.165) is 19.3 Å². The van der Waals surface area contributed by atoms with Gasteiger partial charge in [-0.25, -0.2) is 0 Å². The van der Waals surface area contributed by atoms with Crippen LogP contribution >= 0.6 is 0 Å². The Kier molecular flexibility index (Phi) is 5.04. The zero-order chi connectivity index (χ0) is 15.5. The van der Waals surface area contributed by atoms with Crippen LogP contribution in [0.25, 0.3) is 0 Å². The summed E-state index contributed by atoms with van der Waals surface area (Å²) in [6, 6.07) is 1.98. The Morgan fingerprint density at radius 1 is 1.48 bits per heavy atom. The predicted octanol–water partition coefficient (Wildman–Crippen LogP) is 2.53. The van der Waals surface area contributed by atoms with Gasteiger partial charge < -0.3 is 10.4 Å². The minimum Gasteiger partial charge on any atom is -0.394 e. The van der Waals surface area contributed by atoms with Crippen LogP contribution in [-0.2, 0) is 0 Å². The maximum absolute atomic E-state index is 12.2. The number of carbonyl (C=O) groups is 1. The second-order valence-corrected chi connectivity index (χ2v) is 7.24. The maximum atomic E-state index is 12.2. The Morgan fingerprint density at radius 3 is 2.71 bits per heavy atom. The molecule has 1 unspecified atom stereocenters. The van der Waals surface area contributed by atoms with Gasteiger partial charge in [-0.2, -0.15) is 5.10 Å². The molecule has 1 fully saturated rings. The summed E-state index contributed by atoms with van der Waals surface area (Å²) in [5, 5.41) is 16.7. The summed E-state index contributed by atoms with van der Waals surface area (Å²) in [4.78, 5) is 12.2. The Balaban J connectivity index is 1.96. The fourth-order valence-corrected chi connectivity index (χ4v) is 2.99. The average molecular weight is 293 g/mol. The van der Waals surface area contributed by atoms with Crippen molar-refractivity contribution in [2.75, 3.05) is 6.61 Å². The fraction of sp³-hybridized carbons (Fsp3) is 0.750. The van der Waals surface area contributed by atoms with E-state index in [1.165, 1.54) is 12.8 Å². The number of aliphatic hydroxyl groups excluding tert-OH is 1. The van der Waals surface area contributed by atoms with Crippen LogP contribution in [0.2, 0.25) is 0 Å². The van der Waals surface area contributed by atoms with Gasteiger partial charge >= 0.3 is 0 Å². The minimum absolute atomic E-state index is 0.0493. The van der Waals surface area contributed by atoms with E-state index in [9.17, 15) is 9.90 Å². The molecule has 2 rings (SSSR count). The summed E-state index contributed by atoms with van der Waals surface area (Å²) in [7, 11) is 0. The van der Waals surface area contributed by atoms with Crippen molar-refractivity contribution in [1.29, 1.82) is 0 Å². The standard InChI is InChI=1S/C16H27N3O2/c1-16(2,3)10-12(11-20)17-15(21)14-8-9-19(18-14)13-6-4-5-7-13/h8-9,12-13,20H,4-7,10-11H2,1-3H3,(H,17,21). The van der Waals surface area contributed by atoms with Crippen LogP contribution in [0.4, 0.5) is 0 Å². The second kappa shape index (κ2) is 6.60. The van der Waals surface area contributed by atoms with E-state index in [1.54, 1.807) is 6.07 Å². The summed E-state index contributed by atoms with van der Waals surface area (Å²) < 4.78 is 1.92. The van der Waals surface area contributed by atoms with Crippen LogP contribution in [0.5, 0.6) is 0 Å². The first kappa shape index (κ1) is 16.0. The maximum Gasteiger partial charge on any atom is 0.272 e. The zero-order valence-electron chi connectivity index (χ0n) is 13.3. The molecule has 1 amide bonds. The topological polar surface area (TPSA) is 67.2 Å². The summed E-state index contributed by atoms with van der Waals surface area (Å²) in [5.74, 6) is -0.199. The average Bonchev–Trinajstić information content (AvgIpc) is 3.06. The number of hydrogen-bond acceptors (Lipinski definition) is 3. The van der Waals surface area contributed by atoms with Crippen LogP contribution in [0, 0.1) is 5.41 Å². The number of nitrogens with zero attached hydrogens (tertiary/aromatic N) is 2. The molecule has 5 heteroatoms. The van der Waals surface area contributed by atoms with Crippen molar-refractivity contribution in [2.24, 2.45) is 5.41 Å². The summed E-state index contributed by atoms with van der Waals surface area (Å²) in [6.07, 6.45) is 7.40. The Morgan fingerprint density at radius 2 is 2.14 bits per heavy atom. The molecule has 1 saturated carbocycles. The van der Waals surface area contributed by atoms with E-state index >= 15 is 0 Å². The van der Waals surface area contributed by atoms with Gasteiger partial charge in [0.15, 0.2) is 0 Å². The number of carbonyl (C=O) groups excluding carboxylic acids is 1. The molecule has 1 heterocycles. The first-order valence-electron chi connectivity index (χ1n) is 7.86. The van der Waals surface area contributed by atoms with Gasteiger partial charge in [-0.3, -0.25) is 9.48 Å². The molecule has 0 aliphatic heterocycles. The minimum atomic E-state index is -0.228. The molecule has 0 bridgehead atoms. The molecule has 0 saturated heterocycles. The zero-order valence-corrected chi connectivity index (χ0v) is 13.3. The third-order valence-corrected chi connectivity index (χ3v) is 3.95. The van der Waals surface area contributed by atoms with Crippen molar-refractivity contribution < 1.29 is 9.90 Å². The van der Waals surface area contributed by atoms with Gasteiger partial charge in [-0.1, -0.05) is 33.6 Å². The normalized spacial score (nSPS) is 17.9. The molecule has 1 atom stereocenters. The van der Waals surface area contributed by atoms with E-state index in [4.69, 9.17) is 0 Å². The van der Waals surface area contributed by atoms with E-state index in [2.05, 4.69) is 31.2 Å². The van der Waals surface area contributed by atoms with E-state index in [0.29, 0.717) is 11.7 Å². The van der Waals surface area contributed by atoms with Crippen molar-refractivity contribution in [1.82, 2.24) is 15.1 Å². The van der Waals surface area contributed by atoms with Gasteiger partial charge in [0.1, 0.15) is 5.69 Å². The molecule has 1 aromatic rings. The van der Waals surface area contributed by atoms with Gasteiger partial charge in [0.05, 0.1) is 18.7 Å². The molecule has 0 radical (unpaired) electrons. The highest BCUT2D eigenvalue weighted by atomic mass is 16.3. The fourth-order valence-electron chi connectivity index (χ4n) is 2.99. The molecule has 0 spiro atoms. The first-order valence-corrected chi connectivity index (χ1v) is 7.86.